The third kappa shape index (κ3) is 59.9. The number of carbonyl (C=O) groups excluding carboxylic acids is 3. The number of ether oxygens (including phenoxy) is 3. The minimum Gasteiger partial charge on any atom is -0.462 e. The molecule has 0 aromatic carbocycles. The van der Waals surface area contributed by atoms with Gasteiger partial charge in [-0.2, -0.15) is 0 Å². The lowest BCUT2D eigenvalue weighted by molar-refractivity contribution is -0.167. The minimum atomic E-state index is -0.785. The summed E-state index contributed by atoms with van der Waals surface area (Å²) in [6.45, 7) is 6.56. The second kappa shape index (κ2) is 61.7. The number of unbranched alkanes of at least 4 members (excludes halogenated alkanes) is 37. The van der Waals surface area contributed by atoms with Crippen molar-refractivity contribution in [1.82, 2.24) is 0 Å². The van der Waals surface area contributed by atoms with Crippen LogP contribution in [0.3, 0.4) is 0 Å². The summed E-state index contributed by atoms with van der Waals surface area (Å²) in [5.41, 5.74) is 0. The number of hydrogen-bond acceptors (Lipinski definition) is 6. The summed E-state index contributed by atoms with van der Waals surface area (Å²) < 4.78 is 16.9. The standard InChI is InChI=1S/C67H120O6/c1-4-7-10-13-16-19-22-25-28-31-33-35-36-39-42-45-48-51-54-57-60-66(69)72-63-64(62-71-65(68)59-56-53-50-47-44-41-38-30-27-24-21-18-15-12-9-6-3)73-67(70)61-58-55-52-49-46-43-40-37-34-32-29-26-23-20-17-14-11-8-5-2/h8,11,17,20,26,29-30,34,37-38,64H,4-7,9-10,12-16,18-19,21-25,27-28,31-33,35-36,39-63H2,1-3H3/b11-8-,20-17-,29-26-,37-34-,38-30-. The molecule has 0 saturated heterocycles. The van der Waals surface area contributed by atoms with Crippen LogP contribution in [0.5, 0.6) is 0 Å². The first-order valence-electron chi connectivity index (χ1n) is 31.8. The van der Waals surface area contributed by atoms with Gasteiger partial charge in [0, 0.05) is 19.3 Å². The molecule has 0 N–H and O–H groups in total. The van der Waals surface area contributed by atoms with Crippen LogP contribution in [-0.2, 0) is 28.6 Å². The zero-order valence-corrected chi connectivity index (χ0v) is 48.7. The SMILES string of the molecule is CC/C=C\C/C=C\C/C=C\C/C=C\CCCCCCCCC(=O)OC(COC(=O)CCCCCCC/C=C\CCCCCCCCC)COC(=O)CCCCCCCCCCCCCCCCCCCCCC. The molecule has 0 amide bonds. The molecule has 0 fully saturated rings. The Labute approximate surface area is 453 Å². The number of carbonyl (C=O) groups is 3. The number of allylic oxidation sites excluding steroid dienone is 10. The van der Waals surface area contributed by atoms with E-state index in [1.807, 2.05) is 0 Å². The molecule has 0 radical (unpaired) electrons. The topological polar surface area (TPSA) is 78.9 Å². The summed E-state index contributed by atoms with van der Waals surface area (Å²) in [7, 11) is 0. The Bertz CT molecular complexity index is 1310. The fraction of sp³-hybridized carbons (Fsp3) is 0.806. The molecule has 6 nitrogen and oxygen atoms in total. The van der Waals surface area contributed by atoms with Gasteiger partial charge in [0.25, 0.3) is 0 Å². The fourth-order valence-electron chi connectivity index (χ4n) is 9.25. The normalized spacial score (nSPS) is 12.4. The van der Waals surface area contributed by atoms with Crippen LogP contribution in [0.1, 0.15) is 329 Å². The van der Waals surface area contributed by atoms with E-state index in [1.165, 1.54) is 186 Å². The van der Waals surface area contributed by atoms with E-state index in [0.717, 1.165) is 103 Å². The number of hydrogen-bond donors (Lipinski definition) is 0. The maximum absolute atomic E-state index is 12.9. The van der Waals surface area contributed by atoms with Gasteiger partial charge in [-0.05, 0) is 83.5 Å². The third-order valence-electron chi connectivity index (χ3n) is 14.0. The molecule has 0 rings (SSSR count). The Morgan fingerprint density at radius 2 is 0.534 bits per heavy atom. The summed E-state index contributed by atoms with van der Waals surface area (Å²) in [4.78, 5) is 38.3. The van der Waals surface area contributed by atoms with Crippen molar-refractivity contribution in [2.75, 3.05) is 13.2 Å². The Morgan fingerprint density at radius 3 is 0.849 bits per heavy atom. The van der Waals surface area contributed by atoms with Gasteiger partial charge >= 0.3 is 17.9 Å². The molecule has 424 valence electrons. The van der Waals surface area contributed by atoms with Crippen LogP contribution < -0.4 is 0 Å². The highest BCUT2D eigenvalue weighted by Gasteiger charge is 2.19. The molecule has 0 aliphatic heterocycles. The van der Waals surface area contributed by atoms with Gasteiger partial charge in [0.2, 0.25) is 0 Å². The first-order chi connectivity index (χ1) is 36.0. The molecule has 0 aromatic heterocycles. The van der Waals surface area contributed by atoms with Crippen LogP contribution in [0, 0.1) is 0 Å². The Kier molecular flexibility index (Phi) is 59.2. The fourth-order valence-corrected chi connectivity index (χ4v) is 9.25. The second-order valence-corrected chi connectivity index (χ2v) is 21.3. The van der Waals surface area contributed by atoms with Crippen LogP contribution in [0.25, 0.3) is 0 Å². The molecule has 1 unspecified atom stereocenters. The summed E-state index contributed by atoms with van der Waals surface area (Å²) in [6.07, 6.45) is 77.9. The van der Waals surface area contributed by atoms with Gasteiger partial charge in [0.1, 0.15) is 13.2 Å². The van der Waals surface area contributed by atoms with Crippen LogP contribution in [0.15, 0.2) is 60.8 Å². The van der Waals surface area contributed by atoms with Gasteiger partial charge < -0.3 is 14.2 Å². The van der Waals surface area contributed by atoms with Crippen molar-refractivity contribution in [2.45, 2.75) is 335 Å². The van der Waals surface area contributed by atoms with Gasteiger partial charge in [-0.15, -0.1) is 0 Å². The lowest BCUT2D eigenvalue weighted by Gasteiger charge is -2.18. The number of rotatable bonds is 58. The molecule has 73 heavy (non-hydrogen) atoms. The van der Waals surface area contributed by atoms with Crippen LogP contribution in [0.4, 0.5) is 0 Å². The molecule has 0 aliphatic rings. The molecule has 0 spiro atoms. The van der Waals surface area contributed by atoms with E-state index in [0.29, 0.717) is 19.3 Å². The monoisotopic (exact) mass is 1020 g/mol. The summed E-state index contributed by atoms with van der Waals surface area (Å²) in [6, 6.07) is 0. The third-order valence-corrected chi connectivity index (χ3v) is 14.0. The number of esters is 3. The molecular weight excluding hydrogens is 901 g/mol. The van der Waals surface area contributed by atoms with Crippen molar-refractivity contribution >= 4 is 17.9 Å². The van der Waals surface area contributed by atoms with Crippen LogP contribution >= 0.6 is 0 Å². The lowest BCUT2D eigenvalue weighted by atomic mass is 10.0. The van der Waals surface area contributed by atoms with Crippen molar-refractivity contribution < 1.29 is 28.6 Å². The maximum atomic E-state index is 12.9. The van der Waals surface area contributed by atoms with Gasteiger partial charge in [-0.1, -0.05) is 287 Å². The molecule has 0 bridgehead atoms. The lowest BCUT2D eigenvalue weighted by Crippen LogP contribution is -2.30. The highest BCUT2D eigenvalue weighted by atomic mass is 16.6. The van der Waals surface area contributed by atoms with Gasteiger partial charge in [-0.3, -0.25) is 14.4 Å². The van der Waals surface area contributed by atoms with Crippen molar-refractivity contribution in [2.24, 2.45) is 0 Å². The molecule has 0 aromatic rings. The van der Waals surface area contributed by atoms with E-state index in [-0.39, 0.29) is 31.1 Å². The molecule has 0 heterocycles. The first-order valence-corrected chi connectivity index (χ1v) is 31.8. The Morgan fingerprint density at radius 1 is 0.288 bits per heavy atom. The molecule has 0 saturated carbocycles. The van der Waals surface area contributed by atoms with E-state index in [1.54, 1.807) is 0 Å². The maximum Gasteiger partial charge on any atom is 0.306 e. The quantitative estimate of drug-likeness (QED) is 0.0261. The summed E-state index contributed by atoms with van der Waals surface area (Å²) in [5, 5.41) is 0. The van der Waals surface area contributed by atoms with E-state index in [9.17, 15) is 14.4 Å². The molecular formula is C67H120O6. The van der Waals surface area contributed by atoms with Crippen LogP contribution in [-0.4, -0.2) is 37.2 Å². The molecule has 1 atom stereocenters. The Hall–Kier alpha value is -2.89. The smallest absolute Gasteiger partial charge is 0.306 e. The molecule has 6 heteroatoms. The van der Waals surface area contributed by atoms with Gasteiger partial charge in [0.15, 0.2) is 6.10 Å². The van der Waals surface area contributed by atoms with Crippen molar-refractivity contribution in [3.63, 3.8) is 0 Å². The predicted octanol–water partition coefficient (Wildman–Crippen LogP) is 21.6. The van der Waals surface area contributed by atoms with E-state index in [2.05, 4.69) is 81.5 Å². The zero-order valence-electron chi connectivity index (χ0n) is 48.7. The largest absolute Gasteiger partial charge is 0.462 e. The zero-order chi connectivity index (χ0) is 52.9. The minimum absolute atomic E-state index is 0.0795. The summed E-state index contributed by atoms with van der Waals surface area (Å²) in [5.74, 6) is -0.884. The van der Waals surface area contributed by atoms with Crippen LogP contribution in [0.2, 0.25) is 0 Å². The van der Waals surface area contributed by atoms with E-state index >= 15 is 0 Å². The average molecular weight is 1020 g/mol. The van der Waals surface area contributed by atoms with E-state index < -0.39 is 6.10 Å². The van der Waals surface area contributed by atoms with E-state index in [4.69, 9.17) is 14.2 Å². The van der Waals surface area contributed by atoms with Crippen molar-refractivity contribution in [1.29, 1.82) is 0 Å². The Balaban J connectivity index is 4.37. The predicted molar refractivity (Wildman–Crippen MR) is 316 cm³/mol. The average Bonchev–Trinajstić information content (AvgIpc) is 3.39. The first kappa shape index (κ1) is 70.1. The van der Waals surface area contributed by atoms with Crippen molar-refractivity contribution in [3.8, 4) is 0 Å². The van der Waals surface area contributed by atoms with Gasteiger partial charge in [-0.25, -0.2) is 0 Å². The molecule has 0 aliphatic carbocycles. The van der Waals surface area contributed by atoms with Crippen molar-refractivity contribution in [3.05, 3.63) is 60.8 Å². The second-order valence-electron chi connectivity index (χ2n) is 21.3. The highest BCUT2D eigenvalue weighted by Crippen LogP contribution is 2.17. The summed E-state index contributed by atoms with van der Waals surface area (Å²) >= 11 is 0. The highest BCUT2D eigenvalue weighted by molar-refractivity contribution is 5.71. The van der Waals surface area contributed by atoms with Gasteiger partial charge in [0.05, 0.1) is 0 Å².